The Morgan fingerprint density at radius 2 is 1.84 bits per heavy atom. The van der Waals surface area contributed by atoms with E-state index in [1.54, 1.807) is 6.07 Å². The lowest BCUT2D eigenvalue weighted by atomic mass is 9.89. The minimum atomic E-state index is -4.07. The molecule has 0 amide bonds. The topological polar surface area (TPSA) is 72.8 Å². The fourth-order valence-electron chi connectivity index (χ4n) is 2.97. The molecule has 2 aromatic carbocycles. The van der Waals surface area contributed by atoms with Gasteiger partial charge in [0.05, 0.1) is 13.7 Å². The van der Waals surface area contributed by atoms with Crippen LogP contribution < -0.4 is 4.74 Å². The molecular weight excluding hydrogens is 696 g/mol. The van der Waals surface area contributed by atoms with E-state index < -0.39 is 32.5 Å². The maximum absolute atomic E-state index is 13.8. The van der Waals surface area contributed by atoms with Gasteiger partial charge >= 0.3 is 0 Å². The molecule has 1 N–H and O–H groups in total. The van der Waals surface area contributed by atoms with Gasteiger partial charge in [-0.3, -0.25) is 4.18 Å². The minimum Gasteiger partial charge on any atom is -0.494 e. The Hall–Kier alpha value is 0.0800. The van der Waals surface area contributed by atoms with Gasteiger partial charge in [0, 0.05) is 13.6 Å². The van der Waals surface area contributed by atoms with Gasteiger partial charge in [-0.25, -0.2) is 4.39 Å². The molecule has 31 heavy (non-hydrogen) atoms. The highest BCUT2D eigenvalue weighted by atomic mass is 127. The molecule has 0 saturated carbocycles. The van der Waals surface area contributed by atoms with Gasteiger partial charge in [0.1, 0.15) is 15.7 Å². The quantitative estimate of drug-likeness (QED) is 0.206. The first-order valence-electron chi connectivity index (χ1n) is 8.92. The number of rotatable bonds is 9. The first-order chi connectivity index (χ1) is 14.2. The van der Waals surface area contributed by atoms with Crippen molar-refractivity contribution >= 4 is 78.5 Å². The molecule has 0 heterocycles. The summed E-state index contributed by atoms with van der Waals surface area (Å²) in [6.07, 6.45) is -0.270. The monoisotopic (exact) mass is 716 g/mol. The number of alkyl halides is 2. The summed E-state index contributed by atoms with van der Waals surface area (Å²) in [4.78, 5) is 0. The van der Waals surface area contributed by atoms with Crippen LogP contribution in [0.25, 0.3) is 0 Å². The van der Waals surface area contributed by atoms with Crippen molar-refractivity contribution in [2.24, 2.45) is 0 Å². The van der Waals surface area contributed by atoms with Crippen LogP contribution in [-0.2, 0) is 25.7 Å². The van der Waals surface area contributed by atoms with E-state index in [9.17, 15) is 17.9 Å². The SMILES string of the molecule is COc1cc(C(O)(COS(=O)(=O)Cc2cc(I)cc(I)c2C)CC(C)(Cl)Cl)ccc1F. The number of methoxy groups -OCH3 is 1. The molecule has 0 spiro atoms. The molecule has 11 heteroatoms. The van der Waals surface area contributed by atoms with Crippen LogP contribution in [0.1, 0.15) is 30.0 Å². The van der Waals surface area contributed by atoms with Crippen molar-refractivity contribution < 1.29 is 26.8 Å². The molecule has 0 saturated heterocycles. The van der Waals surface area contributed by atoms with E-state index in [0.717, 1.165) is 18.8 Å². The van der Waals surface area contributed by atoms with E-state index in [-0.39, 0.29) is 23.5 Å². The normalized spacial score (nSPS) is 14.4. The Labute approximate surface area is 219 Å². The minimum absolute atomic E-state index is 0.117. The van der Waals surface area contributed by atoms with E-state index in [1.165, 1.54) is 26.2 Å². The molecule has 0 aliphatic carbocycles. The van der Waals surface area contributed by atoms with Crippen molar-refractivity contribution in [3.63, 3.8) is 0 Å². The van der Waals surface area contributed by atoms with Crippen LogP contribution in [0.5, 0.6) is 5.75 Å². The summed E-state index contributed by atoms with van der Waals surface area (Å²) in [5.74, 6) is -1.12. The standard InChI is InChI=1S/C20H21Cl2FI2O5S/c1-12-13(6-15(24)8-17(12)25)9-31(27,28)30-11-20(26,10-19(2,21)22)14-4-5-16(23)18(7-14)29-3/h4-8,26H,9-11H2,1-3H3. The van der Waals surface area contributed by atoms with Crippen LogP contribution in [0.2, 0.25) is 0 Å². The number of aliphatic hydroxyl groups is 1. The lowest BCUT2D eigenvalue weighted by Crippen LogP contribution is -2.37. The molecule has 1 atom stereocenters. The predicted molar refractivity (Wildman–Crippen MR) is 137 cm³/mol. The fourth-order valence-corrected chi connectivity index (χ4v) is 6.51. The zero-order valence-electron chi connectivity index (χ0n) is 16.9. The Morgan fingerprint density at radius 3 is 2.42 bits per heavy atom. The van der Waals surface area contributed by atoms with Crippen LogP contribution in [0, 0.1) is 19.9 Å². The van der Waals surface area contributed by atoms with Gasteiger partial charge in [0.15, 0.2) is 11.6 Å². The van der Waals surface area contributed by atoms with Crippen molar-refractivity contribution in [2.45, 2.75) is 36.0 Å². The van der Waals surface area contributed by atoms with Crippen molar-refractivity contribution in [1.29, 1.82) is 0 Å². The fraction of sp³-hybridized carbons (Fsp3) is 0.400. The highest BCUT2D eigenvalue weighted by Crippen LogP contribution is 2.39. The summed E-state index contributed by atoms with van der Waals surface area (Å²) in [5.41, 5.74) is -0.321. The molecule has 2 aromatic rings. The number of benzene rings is 2. The highest BCUT2D eigenvalue weighted by Gasteiger charge is 2.39. The van der Waals surface area contributed by atoms with E-state index >= 15 is 0 Å². The van der Waals surface area contributed by atoms with Crippen molar-refractivity contribution in [2.75, 3.05) is 13.7 Å². The molecule has 0 aliphatic heterocycles. The third-order valence-corrected chi connectivity index (χ3v) is 7.67. The third kappa shape index (κ3) is 7.82. The zero-order valence-corrected chi connectivity index (χ0v) is 23.5. The number of hydrogen-bond acceptors (Lipinski definition) is 5. The van der Waals surface area contributed by atoms with Gasteiger partial charge in [0.2, 0.25) is 0 Å². The van der Waals surface area contributed by atoms with Crippen molar-refractivity contribution in [3.8, 4) is 5.75 Å². The van der Waals surface area contributed by atoms with Crippen molar-refractivity contribution in [3.05, 3.63) is 60.0 Å². The van der Waals surface area contributed by atoms with Gasteiger partial charge in [-0.1, -0.05) is 6.07 Å². The molecule has 5 nitrogen and oxygen atoms in total. The van der Waals surface area contributed by atoms with Crippen LogP contribution >= 0.6 is 68.4 Å². The summed E-state index contributed by atoms with van der Waals surface area (Å²) < 4.78 is 49.8. The molecule has 172 valence electrons. The summed E-state index contributed by atoms with van der Waals surface area (Å²) in [7, 11) is -2.79. The Kier molecular flexibility index (Phi) is 9.31. The Bertz CT molecular complexity index is 1060. The van der Waals surface area contributed by atoms with E-state index in [0.29, 0.717) is 5.56 Å². The van der Waals surface area contributed by atoms with Crippen LogP contribution in [0.3, 0.4) is 0 Å². The maximum atomic E-state index is 13.8. The highest BCUT2D eigenvalue weighted by molar-refractivity contribution is 14.1. The first-order valence-corrected chi connectivity index (χ1v) is 13.4. The van der Waals surface area contributed by atoms with Crippen LogP contribution in [0.4, 0.5) is 4.39 Å². The van der Waals surface area contributed by atoms with E-state index in [1.807, 2.05) is 13.0 Å². The van der Waals surface area contributed by atoms with Crippen molar-refractivity contribution in [1.82, 2.24) is 0 Å². The lowest BCUT2D eigenvalue weighted by molar-refractivity contribution is -0.0177. The van der Waals surface area contributed by atoms with Gasteiger partial charge in [0.25, 0.3) is 10.1 Å². The molecule has 0 aromatic heterocycles. The summed E-state index contributed by atoms with van der Waals surface area (Å²) in [6, 6.07) is 7.38. The van der Waals surface area contributed by atoms with E-state index in [4.69, 9.17) is 32.1 Å². The van der Waals surface area contributed by atoms with E-state index in [2.05, 4.69) is 45.2 Å². The molecule has 2 rings (SSSR count). The smallest absolute Gasteiger partial charge is 0.271 e. The lowest BCUT2D eigenvalue weighted by Gasteiger charge is -2.32. The molecular formula is C20H21Cl2FI2O5S. The number of ether oxygens (including phenoxy) is 1. The second-order valence-electron chi connectivity index (χ2n) is 7.26. The number of halogens is 5. The average Bonchev–Trinajstić information content (AvgIpc) is 2.63. The molecule has 0 radical (unpaired) electrons. The largest absolute Gasteiger partial charge is 0.494 e. The van der Waals surface area contributed by atoms with Gasteiger partial charge in [-0.05, 0) is 100.0 Å². The molecule has 1 unspecified atom stereocenters. The summed E-state index contributed by atoms with van der Waals surface area (Å²) >= 11 is 16.5. The van der Waals surface area contributed by atoms with Gasteiger partial charge < -0.3 is 9.84 Å². The molecule has 0 bridgehead atoms. The second kappa shape index (κ2) is 10.6. The predicted octanol–water partition coefficient (Wildman–Crippen LogP) is 5.67. The Morgan fingerprint density at radius 1 is 1.19 bits per heavy atom. The van der Waals surface area contributed by atoms with Crippen LogP contribution in [0.15, 0.2) is 30.3 Å². The second-order valence-corrected chi connectivity index (χ2v) is 13.2. The van der Waals surface area contributed by atoms with Crippen LogP contribution in [-0.4, -0.2) is 31.6 Å². The number of hydrogen-bond donors (Lipinski definition) is 1. The third-order valence-electron chi connectivity index (χ3n) is 4.52. The molecule has 0 fully saturated rings. The average molecular weight is 717 g/mol. The van der Waals surface area contributed by atoms with Gasteiger partial charge in [-0.15, -0.1) is 23.2 Å². The maximum Gasteiger partial charge on any atom is 0.271 e. The van der Waals surface area contributed by atoms with Gasteiger partial charge in [-0.2, -0.15) is 8.42 Å². The molecule has 0 aliphatic rings. The zero-order chi connectivity index (χ0) is 23.6. The summed E-state index contributed by atoms with van der Waals surface area (Å²) in [6.45, 7) is 2.63. The first kappa shape index (κ1) is 27.3. The summed E-state index contributed by atoms with van der Waals surface area (Å²) in [5, 5.41) is 11.3. The Balaban J connectivity index is 2.33.